The quantitative estimate of drug-likeness (QED) is 0.598. The zero-order valence-electron chi connectivity index (χ0n) is 12.0. The van der Waals surface area contributed by atoms with Crippen LogP contribution in [0.3, 0.4) is 0 Å². The lowest BCUT2D eigenvalue weighted by Gasteiger charge is -2.13. The van der Waals surface area contributed by atoms with Crippen LogP contribution in [0.5, 0.6) is 0 Å². The van der Waals surface area contributed by atoms with Crippen LogP contribution >= 0.6 is 0 Å². The summed E-state index contributed by atoms with van der Waals surface area (Å²) in [6, 6.07) is 9.93. The standard InChI is InChI=1S/C16H8N4O4/c21-7-17-15(18-8-22)13-5-1-3-11-12(13)4-2-6-14(11)16(19-9-23)20-10-24/h1-6,15-16H. The Kier molecular flexibility index (Phi) is 5.54. The van der Waals surface area contributed by atoms with Crippen molar-refractivity contribution in [1.29, 1.82) is 0 Å². The van der Waals surface area contributed by atoms with E-state index in [1.54, 1.807) is 36.4 Å². The third kappa shape index (κ3) is 3.34. The van der Waals surface area contributed by atoms with E-state index in [0.717, 1.165) is 0 Å². The first-order valence-electron chi connectivity index (χ1n) is 6.56. The van der Waals surface area contributed by atoms with Gasteiger partial charge in [0.1, 0.15) is 0 Å². The van der Waals surface area contributed by atoms with Crippen LogP contribution in [0.2, 0.25) is 0 Å². The van der Waals surface area contributed by atoms with E-state index < -0.39 is 12.3 Å². The lowest BCUT2D eigenvalue weighted by Crippen LogP contribution is -1.97. The van der Waals surface area contributed by atoms with E-state index in [9.17, 15) is 19.2 Å². The van der Waals surface area contributed by atoms with E-state index in [4.69, 9.17) is 0 Å². The van der Waals surface area contributed by atoms with E-state index >= 15 is 0 Å². The number of hydrogen-bond acceptors (Lipinski definition) is 8. The number of isocyanates is 4. The van der Waals surface area contributed by atoms with Crippen LogP contribution in [0.1, 0.15) is 23.5 Å². The molecule has 0 heterocycles. The molecule has 8 heteroatoms. The van der Waals surface area contributed by atoms with Crippen molar-refractivity contribution >= 4 is 35.1 Å². The third-order valence-corrected chi connectivity index (χ3v) is 3.25. The van der Waals surface area contributed by atoms with Crippen LogP contribution in [0.25, 0.3) is 10.8 Å². The molecule has 0 radical (unpaired) electrons. The highest BCUT2D eigenvalue weighted by Gasteiger charge is 2.17. The molecule has 2 rings (SSSR count). The zero-order valence-corrected chi connectivity index (χ0v) is 12.0. The Morgan fingerprint density at radius 3 is 1.21 bits per heavy atom. The maximum absolute atomic E-state index is 10.5. The van der Waals surface area contributed by atoms with Gasteiger partial charge in [-0.3, -0.25) is 0 Å². The molecular formula is C16H8N4O4. The fraction of sp³-hybridized carbons (Fsp3) is 0.125. The molecule has 0 aromatic heterocycles. The number of rotatable bonds is 6. The molecular weight excluding hydrogens is 312 g/mol. The Labute approximate surface area is 135 Å². The molecule has 0 saturated heterocycles. The largest absolute Gasteiger partial charge is 0.237 e. The Morgan fingerprint density at radius 2 is 0.917 bits per heavy atom. The highest BCUT2D eigenvalue weighted by molar-refractivity contribution is 5.89. The van der Waals surface area contributed by atoms with Gasteiger partial charge in [0.2, 0.25) is 24.3 Å². The topological polar surface area (TPSA) is 118 Å². The summed E-state index contributed by atoms with van der Waals surface area (Å²) in [6.45, 7) is 0. The summed E-state index contributed by atoms with van der Waals surface area (Å²) in [5.74, 6) is 0. The summed E-state index contributed by atoms with van der Waals surface area (Å²) >= 11 is 0. The Hall–Kier alpha value is -3.78. The fourth-order valence-electron chi connectivity index (χ4n) is 2.34. The second-order valence-electron chi connectivity index (χ2n) is 4.42. The van der Waals surface area contributed by atoms with E-state index in [-0.39, 0.29) is 0 Å². The van der Waals surface area contributed by atoms with Crippen molar-refractivity contribution in [1.82, 2.24) is 0 Å². The average molecular weight is 320 g/mol. The molecule has 0 N–H and O–H groups in total. The lowest BCUT2D eigenvalue weighted by atomic mass is 9.97. The van der Waals surface area contributed by atoms with E-state index in [0.29, 0.717) is 21.9 Å². The average Bonchev–Trinajstić information content (AvgIpc) is 2.60. The van der Waals surface area contributed by atoms with Gasteiger partial charge in [-0.2, -0.15) is 20.0 Å². The fourth-order valence-corrected chi connectivity index (χ4v) is 2.34. The SMILES string of the molecule is O=C=NC(N=C=O)c1cccc2c(C(N=C=O)N=C=O)cccc12. The Balaban J connectivity index is 2.78. The van der Waals surface area contributed by atoms with Crippen molar-refractivity contribution in [3.05, 3.63) is 47.5 Å². The van der Waals surface area contributed by atoms with Gasteiger partial charge in [-0.05, 0) is 10.8 Å². The molecule has 0 aliphatic heterocycles. The van der Waals surface area contributed by atoms with Gasteiger partial charge in [0.05, 0.1) is 0 Å². The summed E-state index contributed by atoms with van der Waals surface area (Å²) in [5.41, 5.74) is 0.898. The van der Waals surface area contributed by atoms with Crippen molar-refractivity contribution in [3.8, 4) is 0 Å². The summed E-state index contributed by atoms with van der Waals surface area (Å²) in [6.07, 6.45) is 3.23. The number of hydrogen-bond donors (Lipinski definition) is 0. The number of benzene rings is 2. The van der Waals surface area contributed by atoms with Gasteiger partial charge in [-0.15, -0.1) is 0 Å². The maximum Gasteiger partial charge on any atom is 0.237 e. The van der Waals surface area contributed by atoms with Crippen LogP contribution in [-0.4, -0.2) is 24.3 Å². The van der Waals surface area contributed by atoms with Crippen molar-refractivity contribution in [2.75, 3.05) is 0 Å². The molecule has 0 spiro atoms. The van der Waals surface area contributed by atoms with Crippen LogP contribution in [0.4, 0.5) is 0 Å². The van der Waals surface area contributed by atoms with Gasteiger partial charge in [0, 0.05) is 11.1 Å². The predicted octanol–water partition coefficient (Wildman–Crippen LogP) is 2.18. The highest BCUT2D eigenvalue weighted by atomic mass is 16.1. The Morgan fingerprint density at radius 1 is 0.583 bits per heavy atom. The Bertz CT molecular complexity index is 846. The van der Waals surface area contributed by atoms with Crippen molar-refractivity contribution in [3.63, 3.8) is 0 Å². The van der Waals surface area contributed by atoms with Crippen LogP contribution in [0.15, 0.2) is 56.4 Å². The third-order valence-electron chi connectivity index (χ3n) is 3.25. The van der Waals surface area contributed by atoms with Gasteiger partial charge in [0.15, 0.2) is 12.3 Å². The van der Waals surface area contributed by atoms with Crippen molar-refractivity contribution in [2.24, 2.45) is 20.0 Å². The second-order valence-corrected chi connectivity index (χ2v) is 4.42. The van der Waals surface area contributed by atoms with E-state index in [1.165, 1.54) is 24.3 Å². The molecule has 0 aliphatic carbocycles. The highest BCUT2D eigenvalue weighted by Crippen LogP contribution is 2.32. The monoisotopic (exact) mass is 320 g/mol. The molecule has 8 nitrogen and oxygen atoms in total. The first-order valence-corrected chi connectivity index (χ1v) is 6.56. The van der Waals surface area contributed by atoms with E-state index in [1.807, 2.05) is 0 Å². The summed E-state index contributed by atoms with van der Waals surface area (Å²) < 4.78 is 0. The lowest BCUT2D eigenvalue weighted by molar-refractivity contribution is 0.550. The molecule has 0 fully saturated rings. The van der Waals surface area contributed by atoms with Gasteiger partial charge in [-0.25, -0.2) is 19.2 Å². The minimum absolute atomic E-state index is 0.449. The number of nitrogens with zero attached hydrogens (tertiary/aromatic N) is 4. The number of carbonyl (C=O) groups excluding carboxylic acids is 4. The van der Waals surface area contributed by atoms with Crippen LogP contribution in [-0.2, 0) is 19.2 Å². The van der Waals surface area contributed by atoms with Crippen LogP contribution in [0, 0.1) is 0 Å². The van der Waals surface area contributed by atoms with Crippen LogP contribution < -0.4 is 0 Å². The summed E-state index contributed by atoms with van der Waals surface area (Å²) in [4.78, 5) is 56.1. The maximum atomic E-state index is 10.5. The molecule has 0 unspecified atom stereocenters. The summed E-state index contributed by atoms with van der Waals surface area (Å²) in [5, 5.41) is 1.18. The molecule has 0 bridgehead atoms. The molecule has 2 aromatic rings. The first-order chi connectivity index (χ1) is 11.8. The first kappa shape index (κ1) is 16.6. The van der Waals surface area contributed by atoms with Gasteiger partial charge in [-0.1, -0.05) is 36.4 Å². The predicted molar refractivity (Wildman–Crippen MR) is 81.9 cm³/mol. The molecule has 116 valence electrons. The van der Waals surface area contributed by atoms with Crippen molar-refractivity contribution < 1.29 is 19.2 Å². The minimum atomic E-state index is -1.10. The number of aliphatic imine (C=N–C) groups is 4. The normalized spacial score (nSPS) is 11.8. The smallest absolute Gasteiger partial charge is 0.211 e. The minimum Gasteiger partial charge on any atom is -0.211 e. The summed E-state index contributed by atoms with van der Waals surface area (Å²) in [7, 11) is 0. The molecule has 0 aliphatic rings. The van der Waals surface area contributed by atoms with E-state index in [2.05, 4.69) is 20.0 Å². The zero-order chi connectivity index (χ0) is 17.4. The molecule has 0 saturated carbocycles. The molecule has 0 amide bonds. The van der Waals surface area contributed by atoms with Gasteiger partial charge >= 0.3 is 0 Å². The molecule has 24 heavy (non-hydrogen) atoms. The molecule has 0 atom stereocenters. The second kappa shape index (κ2) is 8.01. The van der Waals surface area contributed by atoms with Crippen molar-refractivity contribution in [2.45, 2.75) is 12.3 Å². The number of fused-ring (bicyclic) bond motifs is 1. The van der Waals surface area contributed by atoms with Gasteiger partial charge in [0.25, 0.3) is 0 Å². The van der Waals surface area contributed by atoms with Gasteiger partial charge < -0.3 is 0 Å². The molecule has 2 aromatic carbocycles.